The van der Waals surface area contributed by atoms with Gasteiger partial charge in [-0.25, -0.2) is 4.68 Å². The highest BCUT2D eigenvalue weighted by Crippen LogP contribution is 2.20. The van der Waals surface area contributed by atoms with Gasteiger partial charge in [0.15, 0.2) is 5.82 Å². The predicted octanol–water partition coefficient (Wildman–Crippen LogP) is 0.890. The number of hydrogen-bond acceptors (Lipinski definition) is 5. The van der Waals surface area contributed by atoms with E-state index in [1.807, 2.05) is 22.9 Å². The second-order valence-corrected chi connectivity index (χ2v) is 5.88. The molecule has 3 rings (SSSR count). The number of likely N-dealkylation sites (tertiary alicyclic amines) is 1. The van der Waals surface area contributed by atoms with Gasteiger partial charge in [0.25, 0.3) is 0 Å². The first-order valence-electron chi connectivity index (χ1n) is 7.49. The Morgan fingerprint density at radius 1 is 1.29 bits per heavy atom. The van der Waals surface area contributed by atoms with Crippen LogP contribution in [0, 0.1) is 5.92 Å². The van der Waals surface area contributed by atoms with Crippen LogP contribution in [-0.4, -0.2) is 44.2 Å². The van der Waals surface area contributed by atoms with Crippen LogP contribution in [-0.2, 0) is 13.1 Å². The second-order valence-electron chi connectivity index (χ2n) is 5.88. The molecule has 1 fully saturated rings. The van der Waals surface area contributed by atoms with Crippen LogP contribution in [0.5, 0.6) is 0 Å². The van der Waals surface area contributed by atoms with Gasteiger partial charge in [-0.1, -0.05) is 30.3 Å². The summed E-state index contributed by atoms with van der Waals surface area (Å²) in [6, 6.07) is 10.5. The quantitative estimate of drug-likeness (QED) is 0.883. The lowest BCUT2D eigenvalue weighted by atomic mass is 10.0. The van der Waals surface area contributed by atoms with Gasteiger partial charge in [0.2, 0.25) is 0 Å². The van der Waals surface area contributed by atoms with Crippen molar-refractivity contribution in [3.8, 4) is 0 Å². The Kier molecular flexibility index (Phi) is 4.26. The molecule has 0 bridgehead atoms. The molecule has 1 aliphatic heterocycles. The fourth-order valence-electron chi connectivity index (χ4n) is 2.85. The topological polar surface area (TPSA) is 72.9 Å². The van der Waals surface area contributed by atoms with Crippen molar-refractivity contribution >= 4 is 0 Å². The molecule has 6 heteroatoms. The maximum absolute atomic E-state index is 5.99. The van der Waals surface area contributed by atoms with Crippen molar-refractivity contribution in [2.75, 3.05) is 13.1 Å². The molecule has 1 aliphatic rings. The molecule has 1 aromatic heterocycles. The third-order valence-electron chi connectivity index (χ3n) is 4.20. The van der Waals surface area contributed by atoms with E-state index in [1.165, 1.54) is 5.56 Å². The van der Waals surface area contributed by atoms with Gasteiger partial charge in [0.1, 0.15) is 0 Å². The summed E-state index contributed by atoms with van der Waals surface area (Å²) in [5.41, 5.74) is 7.20. The van der Waals surface area contributed by atoms with Crippen LogP contribution in [0.4, 0.5) is 0 Å². The largest absolute Gasteiger partial charge is 0.328 e. The van der Waals surface area contributed by atoms with Crippen LogP contribution in [0.1, 0.15) is 24.7 Å². The Balaban J connectivity index is 1.64. The number of hydrogen-bond donors (Lipinski definition) is 1. The average Bonchev–Trinajstić information content (AvgIpc) is 3.11. The first kappa shape index (κ1) is 14.2. The molecule has 0 saturated carbocycles. The van der Waals surface area contributed by atoms with Gasteiger partial charge in [-0.3, -0.25) is 4.90 Å². The fraction of sp³-hybridized carbons (Fsp3) is 0.533. The van der Waals surface area contributed by atoms with Crippen molar-refractivity contribution in [2.45, 2.75) is 32.5 Å². The number of tetrazole rings is 1. The molecule has 2 unspecified atom stereocenters. The molecule has 1 saturated heterocycles. The lowest BCUT2D eigenvalue weighted by Gasteiger charge is -2.17. The minimum Gasteiger partial charge on any atom is -0.328 e. The fourth-order valence-corrected chi connectivity index (χ4v) is 2.85. The lowest BCUT2D eigenvalue weighted by Crippen LogP contribution is -2.30. The molecule has 2 N–H and O–H groups in total. The van der Waals surface area contributed by atoms with E-state index < -0.39 is 0 Å². The van der Waals surface area contributed by atoms with Crippen LogP contribution in [0.3, 0.4) is 0 Å². The number of aromatic nitrogens is 4. The zero-order valence-corrected chi connectivity index (χ0v) is 12.4. The predicted molar refractivity (Wildman–Crippen MR) is 80.4 cm³/mol. The molecule has 2 heterocycles. The summed E-state index contributed by atoms with van der Waals surface area (Å²) in [4.78, 5) is 2.39. The molecular weight excluding hydrogens is 264 g/mol. The van der Waals surface area contributed by atoms with E-state index in [-0.39, 0.29) is 6.04 Å². The van der Waals surface area contributed by atoms with E-state index in [0.717, 1.165) is 31.9 Å². The maximum Gasteiger partial charge on any atom is 0.165 e. The average molecular weight is 286 g/mol. The Bertz CT molecular complexity index is 565. The summed E-state index contributed by atoms with van der Waals surface area (Å²) in [7, 11) is 0. The normalized spacial score (nSPS) is 20.8. The Labute approximate surface area is 124 Å². The summed E-state index contributed by atoms with van der Waals surface area (Å²) >= 11 is 0. The van der Waals surface area contributed by atoms with Crippen molar-refractivity contribution in [3.63, 3.8) is 0 Å². The molecular formula is C15H22N6. The lowest BCUT2D eigenvalue weighted by molar-refractivity contribution is 0.295. The van der Waals surface area contributed by atoms with Gasteiger partial charge in [0, 0.05) is 12.6 Å². The van der Waals surface area contributed by atoms with E-state index in [2.05, 4.69) is 39.5 Å². The highest BCUT2D eigenvalue weighted by atomic mass is 15.5. The number of benzene rings is 1. The number of rotatable bonds is 5. The zero-order valence-electron chi connectivity index (χ0n) is 12.4. The molecule has 2 aromatic rings. The smallest absolute Gasteiger partial charge is 0.165 e. The summed E-state index contributed by atoms with van der Waals surface area (Å²) in [6.07, 6.45) is 1.16. The molecule has 112 valence electrons. The molecule has 0 spiro atoms. The Morgan fingerprint density at radius 3 is 2.81 bits per heavy atom. The Hall–Kier alpha value is -1.79. The standard InChI is InChI=1S/C15H22N6/c1-12(16)14-7-8-20(10-14)11-15-17-18-19-21(15)9-13-5-3-2-4-6-13/h2-6,12,14H,7-11,16H2,1H3. The molecule has 21 heavy (non-hydrogen) atoms. The Morgan fingerprint density at radius 2 is 2.10 bits per heavy atom. The first-order valence-corrected chi connectivity index (χ1v) is 7.49. The third kappa shape index (κ3) is 3.46. The van der Waals surface area contributed by atoms with Gasteiger partial charge in [0.05, 0.1) is 13.1 Å². The molecule has 6 nitrogen and oxygen atoms in total. The van der Waals surface area contributed by atoms with E-state index >= 15 is 0 Å². The summed E-state index contributed by atoms with van der Waals surface area (Å²) in [5, 5.41) is 12.1. The van der Waals surface area contributed by atoms with Gasteiger partial charge in [-0.05, 0) is 41.8 Å². The van der Waals surface area contributed by atoms with Crippen LogP contribution in [0.25, 0.3) is 0 Å². The van der Waals surface area contributed by atoms with Crippen molar-refractivity contribution < 1.29 is 0 Å². The van der Waals surface area contributed by atoms with Crippen molar-refractivity contribution in [1.29, 1.82) is 0 Å². The highest BCUT2D eigenvalue weighted by Gasteiger charge is 2.26. The molecule has 2 atom stereocenters. The van der Waals surface area contributed by atoms with E-state index in [9.17, 15) is 0 Å². The first-order chi connectivity index (χ1) is 10.2. The third-order valence-corrected chi connectivity index (χ3v) is 4.20. The van der Waals surface area contributed by atoms with Crippen molar-refractivity contribution in [1.82, 2.24) is 25.1 Å². The summed E-state index contributed by atoms with van der Waals surface area (Å²) in [6.45, 7) is 5.71. The van der Waals surface area contributed by atoms with E-state index in [4.69, 9.17) is 5.73 Å². The van der Waals surface area contributed by atoms with Crippen molar-refractivity contribution in [3.05, 3.63) is 41.7 Å². The molecule has 1 aromatic carbocycles. The van der Waals surface area contributed by atoms with Crippen LogP contribution in [0.2, 0.25) is 0 Å². The van der Waals surface area contributed by atoms with Crippen LogP contribution in [0.15, 0.2) is 30.3 Å². The van der Waals surface area contributed by atoms with Gasteiger partial charge in [-0.15, -0.1) is 5.10 Å². The van der Waals surface area contributed by atoms with E-state index in [1.54, 1.807) is 0 Å². The minimum atomic E-state index is 0.260. The minimum absolute atomic E-state index is 0.260. The van der Waals surface area contributed by atoms with Gasteiger partial charge >= 0.3 is 0 Å². The monoisotopic (exact) mass is 286 g/mol. The SMILES string of the molecule is CC(N)C1CCN(Cc2nnnn2Cc2ccccc2)C1. The second kappa shape index (κ2) is 6.32. The van der Waals surface area contributed by atoms with Crippen molar-refractivity contribution in [2.24, 2.45) is 11.7 Å². The number of nitrogens with two attached hydrogens (primary N) is 1. The van der Waals surface area contributed by atoms with Crippen LogP contribution < -0.4 is 5.73 Å². The highest BCUT2D eigenvalue weighted by molar-refractivity contribution is 5.14. The van der Waals surface area contributed by atoms with E-state index in [0.29, 0.717) is 12.5 Å². The number of nitrogens with zero attached hydrogens (tertiary/aromatic N) is 5. The summed E-state index contributed by atoms with van der Waals surface area (Å²) < 4.78 is 1.88. The summed E-state index contributed by atoms with van der Waals surface area (Å²) in [5.74, 6) is 1.51. The van der Waals surface area contributed by atoms with Gasteiger partial charge < -0.3 is 5.73 Å². The molecule has 0 aliphatic carbocycles. The van der Waals surface area contributed by atoms with Gasteiger partial charge in [-0.2, -0.15) is 0 Å². The molecule has 0 radical (unpaired) electrons. The molecule has 0 amide bonds. The maximum atomic E-state index is 5.99. The van der Waals surface area contributed by atoms with Crippen LogP contribution >= 0.6 is 0 Å². The zero-order chi connectivity index (χ0) is 14.7.